The Morgan fingerprint density at radius 1 is 1.07 bits per heavy atom. The van der Waals surface area contributed by atoms with E-state index in [4.69, 9.17) is 0 Å². The molecule has 1 unspecified atom stereocenters. The fourth-order valence-corrected chi connectivity index (χ4v) is 3.91. The third-order valence-electron chi connectivity index (χ3n) is 5.32. The Morgan fingerprint density at radius 3 is 2.57 bits per heavy atom. The fraction of sp³-hybridized carbons (Fsp3) is 0.261. The maximum absolute atomic E-state index is 13.4. The summed E-state index contributed by atoms with van der Waals surface area (Å²) >= 11 is 0. The maximum atomic E-state index is 13.4. The van der Waals surface area contributed by atoms with Gasteiger partial charge in [-0.05, 0) is 57.0 Å². The highest BCUT2D eigenvalue weighted by Crippen LogP contribution is 2.38. The predicted molar refractivity (Wildman–Crippen MR) is 109 cm³/mol. The number of amides is 1. The topological polar surface area (TPSA) is 64.0 Å². The molecule has 0 saturated heterocycles. The number of hydrogen-bond donors (Lipinski definition) is 1. The summed E-state index contributed by atoms with van der Waals surface area (Å²) in [6, 6.07) is 13.8. The Balaban J connectivity index is 1.85. The smallest absolute Gasteiger partial charge is 0.226 e. The quantitative estimate of drug-likeness (QED) is 0.692. The van der Waals surface area contributed by atoms with Crippen molar-refractivity contribution in [2.24, 2.45) is 0 Å². The van der Waals surface area contributed by atoms with Crippen LogP contribution in [0.15, 0.2) is 42.5 Å². The van der Waals surface area contributed by atoms with Crippen molar-refractivity contribution in [2.75, 3.05) is 5.32 Å². The minimum atomic E-state index is -0.525. The average Bonchev–Trinajstić information content (AvgIpc) is 2.99. The van der Waals surface area contributed by atoms with E-state index in [-0.39, 0.29) is 18.1 Å². The van der Waals surface area contributed by atoms with Gasteiger partial charge in [-0.1, -0.05) is 29.8 Å². The Labute approximate surface area is 164 Å². The van der Waals surface area contributed by atoms with Gasteiger partial charge in [0.1, 0.15) is 5.82 Å². The number of fused-ring (bicyclic) bond motifs is 1. The number of aromatic nitrogens is 2. The van der Waals surface area contributed by atoms with E-state index in [1.165, 1.54) is 0 Å². The third-order valence-corrected chi connectivity index (χ3v) is 5.32. The normalized spacial score (nSPS) is 15.9. The Morgan fingerprint density at radius 2 is 1.82 bits per heavy atom. The molecule has 0 aliphatic carbocycles. The van der Waals surface area contributed by atoms with E-state index >= 15 is 0 Å². The first-order valence-electron chi connectivity index (χ1n) is 9.43. The summed E-state index contributed by atoms with van der Waals surface area (Å²) in [5.41, 5.74) is 6.17. The predicted octanol–water partition coefficient (Wildman–Crippen LogP) is 4.41. The zero-order valence-corrected chi connectivity index (χ0v) is 16.5. The molecule has 142 valence electrons. The Kier molecular flexibility index (Phi) is 4.38. The lowest BCUT2D eigenvalue weighted by molar-refractivity contribution is -0.116. The van der Waals surface area contributed by atoms with Crippen molar-refractivity contribution in [2.45, 2.75) is 40.0 Å². The van der Waals surface area contributed by atoms with Crippen LogP contribution in [-0.4, -0.2) is 21.5 Å². The summed E-state index contributed by atoms with van der Waals surface area (Å²) < 4.78 is 1.73. The van der Waals surface area contributed by atoms with E-state index in [0.717, 1.165) is 33.6 Å². The number of aryl methyl sites for hydroxylation is 4. The van der Waals surface area contributed by atoms with Crippen molar-refractivity contribution in [3.8, 4) is 5.69 Å². The van der Waals surface area contributed by atoms with Gasteiger partial charge in [-0.2, -0.15) is 5.10 Å². The van der Waals surface area contributed by atoms with E-state index in [1.807, 2.05) is 70.2 Å². The molecule has 1 atom stereocenters. The molecule has 5 heteroatoms. The first kappa shape index (κ1) is 18.2. The minimum Gasteiger partial charge on any atom is -0.310 e. The second kappa shape index (κ2) is 6.75. The van der Waals surface area contributed by atoms with E-state index in [1.54, 1.807) is 4.68 Å². The summed E-state index contributed by atoms with van der Waals surface area (Å²) in [4.78, 5) is 25.9. The Hall–Kier alpha value is -3.21. The van der Waals surface area contributed by atoms with Gasteiger partial charge in [0.15, 0.2) is 5.78 Å². The summed E-state index contributed by atoms with van der Waals surface area (Å²) in [6.45, 7) is 7.81. The number of anilines is 1. The molecule has 1 amide bonds. The molecule has 1 N–H and O–H groups in total. The molecule has 28 heavy (non-hydrogen) atoms. The highest BCUT2D eigenvalue weighted by molar-refractivity contribution is 6.08. The lowest BCUT2D eigenvalue weighted by Crippen LogP contribution is -2.28. The van der Waals surface area contributed by atoms with Gasteiger partial charge < -0.3 is 5.32 Å². The molecule has 1 aromatic heterocycles. The van der Waals surface area contributed by atoms with Crippen LogP contribution in [0.4, 0.5) is 5.82 Å². The highest BCUT2D eigenvalue weighted by Gasteiger charge is 2.36. The molecule has 4 rings (SSSR count). The molecule has 2 aromatic carbocycles. The number of ketones is 1. The summed E-state index contributed by atoms with van der Waals surface area (Å²) in [7, 11) is 0. The molecular weight excluding hydrogens is 350 g/mol. The molecule has 2 heterocycles. The third kappa shape index (κ3) is 3.03. The number of hydrogen-bond acceptors (Lipinski definition) is 3. The standard InChI is InChI=1S/C23H23N3O2/c1-13-6-5-7-17(10-13)26-23-21(16(4)25-26)19(12-20(27)24-23)22(28)18-11-14(2)8-9-15(18)3/h5-11,19H,12H2,1-4H3,(H,24,27). The van der Waals surface area contributed by atoms with Crippen molar-refractivity contribution in [3.05, 3.63) is 76.0 Å². The lowest BCUT2D eigenvalue weighted by atomic mass is 9.84. The number of carbonyl (C=O) groups is 2. The van der Waals surface area contributed by atoms with Crippen LogP contribution in [0.3, 0.4) is 0 Å². The first-order chi connectivity index (χ1) is 13.3. The molecule has 0 bridgehead atoms. The van der Waals surface area contributed by atoms with Gasteiger partial charge in [-0.3, -0.25) is 9.59 Å². The number of carbonyl (C=O) groups excluding carboxylic acids is 2. The highest BCUT2D eigenvalue weighted by atomic mass is 16.2. The van der Waals surface area contributed by atoms with Crippen LogP contribution >= 0.6 is 0 Å². The largest absolute Gasteiger partial charge is 0.310 e. The molecule has 0 spiro atoms. The van der Waals surface area contributed by atoms with E-state index in [9.17, 15) is 9.59 Å². The molecule has 5 nitrogen and oxygen atoms in total. The number of rotatable bonds is 3. The van der Waals surface area contributed by atoms with Crippen LogP contribution in [0, 0.1) is 27.7 Å². The molecular formula is C23H23N3O2. The van der Waals surface area contributed by atoms with Crippen molar-refractivity contribution >= 4 is 17.5 Å². The molecule has 1 aliphatic rings. The second-order valence-corrected chi connectivity index (χ2v) is 7.59. The van der Waals surface area contributed by atoms with E-state index in [2.05, 4.69) is 10.4 Å². The van der Waals surface area contributed by atoms with Gasteiger partial charge in [-0.15, -0.1) is 0 Å². The van der Waals surface area contributed by atoms with Gasteiger partial charge in [0.2, 0.25) is 5.91 Å². The van der Waals surface area contributed by atoms with Gasteiger partial charge >= 0.3 is 0 Å². The van der Waals surface area contributed by atoms with Crippen LogP contribution in [-0.2, 0) is 4.79 Å². The number of Topliss-reactive ketones (excluding diaryl/α,β-unsaturated/α-hetero) is 1. The monoisotopic (exact) mass is 373 g/mol. The van der Waals surface area contributed by atoms with Crippen molar-refractivity contribution in [3.63, 3.8) is 0 Å². The number of benzene rings is 2. The van der Waals surface area contributed by atoms with Crippen LogP contribution in [0.25, 0.3) is 5.69 Å². The van der Waals surface area contributed by atoms with Gasteiger partial charge in [0.25, 0.3) is 0 Å². The second-order valence-electron chi connectivity index (χ2n) is 7.59. The number of nitrogens with zero attached hydrogens (tertiary/aromatic N) is 2. The molecule has 0 saturated carbocycles. The van der Waals surface area contributed by atoms with Gasteiger partial charge in [0.05, 0.1) is 17.3 Å². The van der Waals surface area contributed by atoms with Crippen molar-refractivity contribution in [1.29, 1.82) is 0 Å². The lowest BCUT2D eigenvalue weighted by Gasteiger charge is -2.24. The number of nitrogens with one attached hydrogen (secondary N) is 1. The summed E-state index contributed by atoms with van der Waals surface area (Å²) in [6.07, 6.45) is 0.138. The average molecular weight is 373 g/mol. The summed E-state index contributed by atoms with van der Waals surface area (Å²) in [5.74, 6) is -0.111. The molecule has 0 fully saturated rings. The molecule has 1 aliphatic heterocycles. The first-order valence-corrected chi connectivity index (χ1v) is 9.43. The Bertz CT molecular complexity index is 1110. The SMILES string of the molecule is Cc1cccc(-n2nc(C)c3c2NC(=O)CC3C(=O)c2cc(C)ccc2C)c1. The zero-order chi connectivity index (χ0) is 20.0. The fourth-order valence-electron chi connectivity index (χ4n) is 3.91. The summed E-state index contributed by atoms with van der Waals surface area (Å²) in [5, 5.41) is 7.59. The van der Waals surface area contributed by atoms with Crippen LogP contribution in [0.2, 0.25) is 0 Å². The minimum absolute atomic E-state index is 0.0239. The van der Waals surface area contributed by atoms with Gasteiger partial charge in [-0.25, -0.2) is 4.68 Å². The van der Waals surface area contributed by atoms with Crippen LogP contribution in [0.5, 0.6) is 0 Å². The van der Waals surface area contributed by atoms with Crippen molar-refractivity contribution < 1.29 is 9.59 Å². The van der Waals surface area contributed by atoms with Gasteiger partial charge in [0, 0.05) is 17.5 Å². The van der Waals surface area contributed by atoms with E-state index < -0.39 is 5.92 Å². The van der Waals surface area contributed by atoms with Crippen molar-refractivity contribution in [1.82, 2.24) is 9.78 Å². The molecule has 0 radical (unpaired) electrons. The zero-order valence-electron chi connectivity index (χ0n) is 16.5. The maximum Gasteiger partial charge on any atom is 0.226 e. The van der Waals surface area contributed by atoms with E-state index in [0.29, 0.717) is 11.4 Å². The van der Waals surface area contributed by atoms with Crippen LogP contribution in [0.1, 0.15) is 50.6 Å². The molecule has 3 aromatic rings. The van der Waals surface area contributed by atoms with Crippen LogP contribution < -0.4 is 5.32 Å².